The van der Waals surface area contributed by atoms with Gasteiger partial charge in [-0.1, -0.05) is 23.4 Å². The van der Waals surface area contributed by atoms with Crippen molar-refractivity contribution in [3.63, 3.8) is 0 Å². The number of nitrogens with one attached hydrogen (secondary N) is 1. The molecule has 7 nitrogen and oxygen atoms in total. The molecule has 0 saturated heterocycles. The minimum Gasteiger partial charge on any atom is -0.497 e. The van der Waals surface area contributed by atoms with Crippen molar-refractivity contribution in [2.45, 2.75) is 12.1 Å². The van der Waals surface area contributed by atoms with Crippen LogP contribution in [0, 0.1) is 6.92 Å². The van der Waals surface area contributed by atoms with Crippen LogP contribution in [0.15, 0.2) is 58.2 Å². The van der Waals surface area contributed by atoms with Crippen LogP contribution in [0.5, 0.6) is 5.75 Å². The van der Waals surface area contributed by atoms with E-state index in [0.29, 0.717) is 21.3 Å². The number of amides is 1. The number of methoxy groups -OCH3 is 1. The van der Waals surface area contributed by atoms with Crippen LogP contribution >= 0.6 is 34.7 Å². The fourth-order valence-electron chi connectivity index (χ4n) is 2.73. The molecule has 0 aliphatic rings. The third-order valence-electron chi connectivity index (χ3n) is 4.23. The molecule has 4 aromatic rings. The predicted molar refractivity (Wildman–Crippen MR) is 123 cm³/mol. The molecule has 158 valence electrons. The van der Waals surface area contributed by atoms with Crippen LogP contribution in [-0.4, -0.2) is 34.0 Å². The van der Waals surface area contributed by atoms with Crippen LogP contribution in [0.1, 0.15) is 4.88 Å². The summed E-state index contributed by atoms with van der Waals surface area (Å²) in [6, 6.07) is 14.7. The van der Waals surface area contributed by atoms with Crippen LogP contribution in [-0.2, 0) is 4.79 Å². The number of hydrogen-bond donors (Lipinski definition) is 1. The highest BCUT2D eigenvalue weighted by Gasteiger charge is 2.15. The number of aromatic nitrogens is 3. The Morgan fingerprint density at radius 3 is 2.55 bits per heavy atom. The van der Waals surface area contributed by atoms with Gasteiger partial charge < -0.3 is 14.5 Å². The summed E-state index contributed by atoms with van der Waals surface area (Å²) < 4.78 is 10.8. The van der Waals surface area contributed by atoms with Crippen LogP contribution < -0.4 is 10.1 Å². The van der Waals surface area contributed by atoms with E-state index in [0.717, 1.165) is 39.2 Å². The van der Waals surface area contributed by atoms with Gasteiger partial charge in [0, 0.05) is 21.0 Å². The van der Waals surface area contributed by atoms with E-state index >= 15 is 0 Å². The van der Waals surface area contributed by atoms with E-state index in [2.05, 4.69) is 20.5 Å². The normalized spacial score (nSPS) is 10.8. The third-order valence-corrected chi connectivity index (χ3v) is 6.19. The summed E-state index contributed by atoms with van der Waals surface area (Å²) in [7, 11) is 1.63. The minimum atomic E-state index is -0.203. The topological polar surface area (TPSA) is 90.1 Å². The molecular weight excluding hydrogens is 456 g/mol. The average Bonchev–Trinajstić information content (AvgIpc) is 3.39. The fourth-order valence-corrected chi connectivity index (χ4v) is 4.27. The van der Waals surface area contributed by atoms with E-state index in [1.54, 1.807) is 31.4 Å². The highest BCUT2D eigenvalue weighted by atomic mass is 35.5. The Morgan fingerprint density at radius 1 is 1.13 bits per heavy atom. The lowest BCUT2D eigenvalue weighted by Gasteiger charge is -2.02. The SMILES string of the molecule is COc1ccc(-c2nc(NC(=O)CSc3nnc(-c4ccc(Cl)cc4)o3)sc2C)cc1. The molecule has 2 heterocycles. The molecule has 0 spiro atoms. The molecule has 1 amide bonds. The van der Waals surface area contributed by atoms with Gasteiger partial charge >= 0.3 is 0 Å². The number of hydrogen-bond acceptors (Lipinski definition) is 8. The van der Waals surface area contributed by atoms with E-state index in [1.807, 2.05) is 31.2 Å². The molecule has 1 N–H and O–H groups in total. The Balaban J connectivity index is 1.35. The summed E-state index contributed by atoms with van der Waals surface area (Å²) in [5.74, 6) is 1.08. The molecule has 2 aromatic carbocycles. The van der Waals surface area contributed by atoms with Crippen molar-refractivity contribution in [2.24, 2.45) is 0 Å². The Labute approximate surface area is 191 Å². The molecule has 0 aliphatic heterocycles. The number of ether oxygens (including phenoxy) is 1. The van der Waals surface area contributed by atoms with Crippen molar-refractivity contribution in [3.8, 4) is 28.5 Å². The quantitative estimate of drug-likeness (QED) is 0.352. The smallest absolute Gasteiger partial charge is 0.277 e. The first-order valence-corrected chi connectivity index (χ1v) is 11.3. The van der Waals surface area contributed by atoms with Gasteiger partial charge in [-0.25, -0.2) is 4.98 Å². The number of halogens is 1. The Kier molecular flexibility index (Phi) is 6.55. The number of carbonyl (C=O) groups is 1. The van der Waals surface area contributed by atoms with E-state index in [-0.39, 0.29) is 11.7 Å². The molecular formula is C21H17ClN4O3S2. The average molecular weight is 473 g/mol. The number of thioether (sulfide) groups is 1. The van der Waals surface area contributed by atoms with Gasteiger partial charge in [-0.2, -0.15) is 0 Å². The number of nitrogens with zero attached hydrogens (tertiary/aromatic N) is 3. The molecule has 31 heavy (non-hydrogen) atoms. The molecule has 0 radical (unpaired) electrons. The first kappa shape index (κ1) is 21.4. The summed E-state index contributed by atoms with van der Waals surface area (Å²) in [6.07, 6.45) is 0. The Bertz CT molecular complexity index is 1190. The zero-order valence-corrected chi connectivity index (χ0v) is 19.0. The van der Waals surface area contributed by atoms with Gasteiger partial charge in [0.25, 0.3) is 5.22 Å². The van der Waals surface area contributed by atoms with Gasteiger partial charge in [0.2, 0.25) is 11.8 Å². The second-order valence-electron chi connectivity index (χ2n) is 6.37. The second kappa shape index (κ2) is 9.51. The van der Waals surface area contributed by atoms with Crippen molar-refractivity contribution >= 4 is 45.7 Å². The van der Waals surface area contributed by atoms with Gasteiger partial charge in [0.05, 0.1) is 18.6 Å². The van der Waals surface area contributed by atoms with Gasteiger partial charge in [0.15, 0.2) is 5.13 Å². The van der Waals surface area contributed by atoms with Crippen molar-refractivity contribution in [3.05, 3.63) is 58.4 Å². The fraction of sp³-hybridized carbons (Fsp3) is 0.143. The summed E-state index contributed by atoms with van der Waals surface area (Å²) in [5.41, 5.74) is 2.56. The van der Waals surface area contributed by atoms with Crippen molar-refractivity contribution in [2.75, 3.05) is 18.2 Å². The summed E-state index contributed by atoms with van der Waals surface area (Å²) in [4.78, 5) is 17.9. The Hall–Kier alpha value is -2.88. The third kappa shape index (κ3) is 5.25. The molecule has 10 heteroatoms. The van der Waals surface area contributed by atoms with Gasteiger partial charge in [-0.15, -0.1) is 21.5 Å². The summed E-state index contributed by atoms with van der Waals surface area (Å²) in [5, 5.41) is 12.3. The lowest BCUT2D eigenvalue weighted by atomic mass is 10.1. The number of rotatable bonds is 7. The number of benzene rings is 2. The van der Waals surface area contributed by atoms with Crippen LogP contribution in [0.4, 0.5) is 5.13 Å². The Morgan fingerprint density at radius 2 is 1.84 bits per heavy atom. The first-order chi connectivity index (χ1) is 15.0. The van der Waals surface area contributed by atoms with Crippen LogP contribution in [0.25, 0.3) is 22.7 Å². The predicted octanol–water partition coefficient (Wildman–Crippen LogP) is 5.56. The number of carbonyl (C=O) groups excluding carboxylic acids is 1. The molecule has 0 bridgehead atoms. The lowest BCUT2D eigenvalue weighted by molar-refractivity contribution is -0.113. The van der Waals surface area contributed by atoms with Crippen molar-refractivity contribution in [1.82, 2.24) is 15.2 Å². The molecule has 2 aromatic heterocycles. The highest BCUT2D eigenvalue weighted by Crippen LogP contribution is 2.31. The molecule has 0 unspecified atom stereocenters. The van der Waals surface area contributed by atoms with E-state index in [1.165, 1.54) is 11.3 Å². The summed E-state index contributed by atoms with van der Waals surface area (Å²) in [6.45, 7) is 1.97. The lowest BCUT2D eigenvalue weighted by Crippen LogP contribution is -2.13. The first-order valence-electron chi connectivity index (χ1n) is 9.16. The van der Waals surface area contributed by atoms with E-state index < -0.39 is 0 Å². The van der Waals surface area contributed by atoms with E-state index in [4.69, 9.17) is 20.8 Å². The zero-order chi connectivity index (χ0) is 21.8. The van der Waals surface area contributed by atoms with Crippen LogP contribution in [0.2, 0.25) is 5.02 Å². The maximum Gasteiger partial charge on any atom is 0.277 e. The second-order valence-corrected chi connectivity index (χ2v) is 8.94. The molecule has 0 fully saturated rings. The van der Waals surface area contributed by atoms with Crippen LogP contribution in [0.3, 0.4) is 0 Å². The maximum atomic E-state index is 12.4. The monoisotopic (exact) mass is 472 g/mol. The van der Waals surface area contributed by atoms with Gasteiger partial charge in [-0.05, 0) is 55.5 Å². The molecule has 0 atom stereocenters. The standard InChI is InChI=1S/C21H17ClN4O3S2/c1-12-18(13-5-9-16(28-2)10-6-13)24-20(31-12)23-17(27)11-30-21-26-25-19(29-21)14-3-7-15(22)8-4-14/h3-10H,11H2,1-2H3,(H,23,24,27). The number of thiazole rings is 1. The van der Waals surface area contributed by atoms with E-state index in [9.17, 15) is 4.79 Å². The maximum absolute atomic E-state index is 12.4. The number of aryl methyl sites for hydroxylation is 1. The highest BCUT2D eigenvalue weighted by molar-refractivity contribution is 7.99. The number of anilines is 1. The van der Waals surface area contributed by atoms with Crippen molar-refractivity contribution in [1.29, 1.82) is 0 Å². The van der Waals surface area contributed by atoms with Crippen molar-refractivity contribution < 1.29 is 13.9 Å². The van der Waals surface area contributed by atoms with Gasteiger partial charge in [-0.3, -0.25) is 4.79 Å². The molecule has 4 rings (SSSR count). The minimum absolute atomic E-state index is 0.124. The largest absolute Gasteiger partial charge is 0.497 e. The summed E-state index contributed by atoms with van der Waals surface area (Å²) >= 11 is 8.48. The van der Waals surface area contributed by atoms with Gasteiger partial charge in [0.1, 0.15) is 5.75 Å². The molecule has 0 saturated carbocycles. The molecule has 0 aliphatic carbocycles. The zero-order valence-electron chi connectivity index (χ0n) is 16.6.